The van der Waals surface area contributed by atoms with Gasteiger partial charge in [-0.3, -0.25) is 10.1 Å². The van der Waals surface area contributed by atoms with E-state index >= 15 is 0 Å². The lowest BCUT2D eigenvalue weighted by Gasteiger charge is -2.29. The summed E-state index contributed by atoms with van der Waals surface area (Å²) in [5.74, 6) is -2.33. The predicted molar refractivity (Wildman–Crippen MR) is 95.7 cm³/mol. The Kier molecular flexibility index (Phi) is 6.91. The van der Waals surface area contributed by atoms with Crippen LogP contribution in [0.3, 0.4) is 0 Å². The maximum absolute atomic E-state index is 12.3. The Bertz CT molecular complexity index is 777. The van der Waals surface area contributed by atoms with Crippen LogP contribution in [0, 0.1) is 10.1 Å². The van der Waals surface area contributed by atoms with Crippen molar-refractivity contribution < 1.29 is 24.0 Å². The summed E-state index contributed by atoms with van der Waals surface area (Å²) < 4.78 is 9.66. The van der Waals surface area contributed by atoms with Gasteiger partial charge in [0.1, 0.15) is 0 Å². The Morgan fingerprint density at radius 1 is 1.04 bits per heavy atom. The number of esters is 2. The van der Waals surface area contributed by atoms with Crippen LogP contribution in [0.15, 0.2) is 46.8 Å². The molecule has 0 amide bonds. The van der Waals surface area contributed by atoms with E-state index in [4.69, 9.17) is 9.47 Å². The fourth-order valence-corrected chi connectivity index (χ4v) is 2.96. The zero-order chi connectivity index (χ0) is 18.7. The monoisotopic (exact) mass is 382 g/mol. The highest BCUT2D eigenvalue weighted by Gasteiger charge is 2.40. The first kappa shape index (κ1) is 21.2. The van der Waals surface area contributed by atoms with Gasteiger partial charge in [-0.15, -0.1) is 12.4 Å². The zero-order valence-corrected chi connectivity index (χ0v) is 15.5. The second-order valence-corrected chi connectivity index (χ2v) is 5.43. The topological polar surface area (TPSA) is 108 Å². The summed E-state index contributed by atoms with van der Waals surface area (Å²) in [4.78, 5) is 35.6. The quantitative estimate of drug-likeness (QED) is 0.484. The second-order valence-electron chi connectivity index (χ2n) is 5.43. The first-order chi connectivity index (χ1) is 11.8. The number of nitro benzene ring substituents is 1. The van der Waals surface area contributed by atoms with Crippen molar-refractivity contribution in [3.05, 3.63) is 62.5 Å². The minimum Gasteiger partial charge on any atom is -0.466 e. The number of hydrogen-bond acceptors (Lipinski definition) is 7. The Labute approximate surface area is 156 Å². The molecule has 140 valence electrons. The number of halogens is 1. The number of para-hydroxylation sites is 1. The van der Waals surface area contributed by atoms with Gasteiger partial charge in [0, 0.05) is 23.0 Å². The van der Waals surface area contributed by atoms with Crippen LogP contribution in [-0.4, -0.2) is 31.1 Å². The highest BCUT2D eigenvalue weighted by Crippen LogP contribution is 2.42. The van der Waals surface area contributed by atoms with Gasteiger partial charge in [-0.05, 0) is 13.8 Å². The third kappa shape index (κ3) is 3.70. The van der Waals surface area contributed by atoms with E-state index in [2.05, 4.69) is 5.32 Å². The molecule has 1 heterocycles. The highest BCUT2D eigenvalue weighted by atomic mass is 35.5. The number of nitro groups is 1. The number of methoxy groups -OCH3 is 2. The molecular weight excluding hydrogens is 364 g/mol. The molecule has 1 aliphatic rings. The Morgan fingerprint density at radius 3 is 1.92 bits per heavy atom. The van der Waals surface area contributed by atoms with Crippen LogP contribution in [0.1, 0.15) is 25.3 Å². The Balaban J connectivity index is 0.00000338. The minimum atomic E-state index is -0.970. The summed E-state index contributed by atoms with van der Waals surface area (Å²) in [5.41, 5.74) is 1.19. The molecule has 1 aliphatic heterocycles. The van der Waals surface area contributed by atoms with Crippen LogP contribution < -0.4 is 5.32 Å². The molecule has 26 heavy (non-hydrogen) atoms. The number of benzene rings is 1. The van der Waals surface area contributed by atoms with Crippen molar-refractivity contribution in [2.75, 3.05) is 14.2 Å². The van der Waals surface area contributed by atoms with Gasteiger partial charge in [0.25, 0.3) is 5.69 Å². The van der Waals surface area contributed by atoms with Crippen molar-refractivity contribution >= 4 is 30.0 Å². The van der Waals surface area contributed by atoms with Crippen molar-refractivity contribution in [1.82, 2.24) is 5.32 Å². The summed E-state index contributed by atoms with van der Waals surface area (Å²) in [5, 5.41) is 14.4. The van der Waals surface area contributed by atoms with E-state index in [1.54, 1.807) is 19.9 Å². The fraction of sp³-hybridized carbons (Fsp3) is 0.294. The average molecular weight is 383 g/mol. The van der Waals surface area contributed by atoms with Gasteiger partial charge >= 0.3 is 11.9 Å². The second kappa shape index (κ2) is 8.48. The first-order valence-electron chi connectivity index (χ1n) is 7.42. The molecule has 2 rings (SSSR count). The van der Waals surface area contributed by atoms with Gasteiger partial charge in [0.2, 0.25) is 0 Å². The Morgan fingerprint density at radius 2 is 1.50 bits per heavy atom. The number of ether oxygens (including phenoxy) is 2. The maximum Gasteiger partial charge on any atom is 0.336 e. The van der Waals surface area contributed by atoms with Crippen molar-refractivity contribution in [2.45, 2.75) is 19.8 Å². The van der Waals surface area contributed by atoms with Gasteiger partial charge < -0.3 is 14.8 Å². The number of nitrogens with zero attached hydrogens (tertiary/aromatic N) is 1. The summed E-state index contributed by atoms with van der Waals surface area (Å²) in [6, 6.07) is 5.97. The van der Waals surface area contributed by atoms with Crippen molar-refractivity contribution in [3.63, 3.8) is 0 Å². The lowest BCUT2D eigenvalue weighted by Crippen LogP contribution is -2.32. The van der Waals surface area contributed by atoms with E-state index in [1.807, 2.05) is 0 Å². The summed E-state index contributed by atoms with van der Waals surface area (Å²) >= 11 is 0. The number of dihydropyridines is 1. The molecule has 1 aromatic rings. The van der Waals surface area contributed by atoms with Gasteiger partial charge in [-0.1, -0.05) is 18.2 Å². The van der Waals surface area contributed by atoms with Crippen molar-refractivity contribution in [3.8, 4) is 0 Å². The Hall–Kier alpha value is -2.87. The van der Waals surface area contributed by atoms with E-state index < -0.39 is 22.8 Å². The van der Waals surface area contributed by atoms with Crippen molar-refractivity contribution in [2.24, 2.45) is 0 Å². The van der Waals surface area contributed by atoms with Gasteiger partial charge in [-0.25, -0.2) is 9.59 Å². The smallest absolute Gasteiger partial charge is 0.336 e. The van der Waals surface area contributed by atoms with Crippen LogP contribution in [0.5, 0.6) is 0 Å². The molecule has 0 radical (unpaired) electrons. The van der Waals surface area contributed by atoms with E-state index in [9.17, 15) is 19.7 Å². The molecule has 0 unspecified atom stereocenters. The lowest BCUT2D eigenvalue weighted by molar-refractivity contribution is -0.385. The molecule has 0 bridgehead atoms. The molecule has 0 saturated heterocycles. The standard InChI is InChI=1S/C17H18N2O6.ClH/c1-9-13(16(20)24-3)15(14(10(2)18-9)17(21)25-4)11-7-5-6-8-12(11)19(22)23;/h5-8,15,18H,1-4H3;1H. The van der Waals surface area contributed by atoms with E-state index in [1.165, 1.54) is 32.4 Å². The SMILES string of the molecule is COC(=O)C1=C(C)NC(C)=C(C(=O)OC)C1c1ccccc1[N+](=O)[O-].Cl. The molecule has 1 N–H and O–H groups in total. The predicted octanol–water partition coefficient (Wildman–Crippen LogP) is 2.60. The first-order valence-corrected chi connectivity index (χ1v) is 7.42. The molecule has 0 fully saturated rings. The van der Waals surface area contributed by atoms with Crippen LogP contribution >= 0.6 is 12.4 Å². The summed E-state index contributed by atoms with van der Waals surface area (Å²) in [6.45, 7) is 3.29. The molecule has 1 aromatic carbocycles. The highest BCUT2D eigenvalue weighted by molar-refractivity contribution is 6.00. The average Bonchev–Trinajstić information content (AvgIpc) is 2.59. The maximum atomic E-state index is 12.3. The number of carbonyl (C=O) groups is 2. The number of rotatable bonds is 4. The van der Waals surface area contributed by atoms with Crippen LogP contribution in [0.2, 0.25) is 0 Å². The van der Waals surface area contributed by atoms with Crippen LogP contribution in [0.4, 0.5) is 5.69 Å². The molecule has 0 aliphatic carbocycles. The molecular formula is C17H19ClN2O6. The normalized spacial score (nSPS) is 14.3. The van der Waals surface area contributed by atoms with E-state index in [0.717, 1.165) is 0 Å². The zero-order valence-electron chi connectivity index (χ0n) is 14.7. The largest absolute Gasteiger partial charge is 0.466 e. The van der Waals surface area contributed by atoms with Gasteiger partial charge in [0.15, 0.2) is 0 Å². The summed E-state index contributed by atoms with van der Waals surface area (Å²) in [7, 11) is 2.42. The molecule has 0 spiro atoms. The number of allylic oxidation sites excluding steroid dienone is 2. The van der Waals surface area contributed by atoms with E-state index in [-0.39, 0.29) is 34.8 Å². The molecule has 0 saturated carbocycles. The molecule has 0 atom stereocenters. The minimum absolute atomic E-state index is 0. The third-order valence-corrected chi connectivity index (χ3v) is 4.02. The van der Waals surface area contributed by atoms with Crippen LogP contribution in [0.25, 0.3) is 0 Å². The third-order valence-electron chi connectivity index (χ3n) is 4.02. The summed E-state index contributed by atoms with van der Waals surface area (Å²) in [6.07, 6.45) is 0. The number of hydrogen-bond donors (Lipinski definition) is 1. The molecule has 9 heteroatoms. The lowest BCUT2D eigenvalue weighted by atomic mass is 9.79. The fourth-order valence-electron chi connectivity index (χ4n) is 2.96. The molecule has 0 aromatic heterocycles. The van der Waals surface area contributed by atoms with E-state index in [0.29, 0.717) is 11.4 Å². The number of nitrogens with one attached hydrogen (secondary N) is 1. The van der Waals surface area contributed by atoms with Gasteiger partial charge in [0.05, 0.1) is 36.2 Å². The van der Waals surface area contributed by atoms with Crippen LogP contribution in [-0.2, 0) is 19.1 Å². The molecule has 8 nitrogen and oxygen atoms in total. The number of carbonyl (C=O) groups excluding carboxylic acids is 2. The van der Waals surface area contributed by atoms with Gasteiger partial charge in [-0.2, -0.15) is 0 Å². The van der Waals surface area contributed by atoms with Crippen molar-refractivity contribution in [1.29, 1.82) is 0 Å².